The normalized spacial score (nSPS) is 30.8. The Morgan fingerprint density at radius 1 is 1.42 bits per heavy atom. The molecule has 0 bridgehead atoms. The summed E-state index contributed by atoms with van der Waals surface area (Å²) in [7, 11) is 0. The zero-order valence-corrected chi connectivity index (χ0v) is 12.6. The lowest BCUT2D eigenvalue weighted by Gasteiger charge is -2.30. The van der Waals surface area contributed by atoms with E-state index < -0.39 is 0 Å². The van der Waals surface area contributed by atoms with E-state index in [-0.39, 0.29) is 18.2 Å². The van der Waals surface area contributed by atoms with Crippen molar-refractivity contribution in [2.75, 3.05) is 6.54 Å². The van der Waals surface area contributed by atoms with Gasteiger partial charge in [-0.05, 0) is 44.9 Å². The molecular weight excluding hydrogens is 246 g/mol. The molecule has 0 aromatic heterocycles. The van der Waals surface area contributed by atoms with E-state index in [1.807, 2.05) is 25.7 Å². The lowest BCUT2D eigenvalue weighted by molar-refractivity contribution is -0.122. The lowest BCUT2D eigenvalue weighted by Crippen LogP contribution is -2.42. The van der Waals surface area contributed by atoms with E-state index in [0.717, 1.165) is 6.54 Å². The molecule has 3 unspecified atom stereocenters. The van der Waals surface area contributed by atoms with Crippen LogP contribution in [0.5, 0.6) is 0 Å². The van der Waals surface area contributed by atoms with Crippen LogP contribution in [0.3, 0.4) is 0 Å². The molecule has 0 spiro atoms. The molecule has 1 aliphatic heterocycles. The summed E-state index contributed by atoms with van der Waals surface area (Å²) >= 11 is 0. The van der Waals surface area contributed by atoms with E-state index in [4.69, 9.17) is 14.6 Å². The maximum atomic E-state index is 12.0. The quantitative estimate of drug-likeness (QED) is 0.688. The van der Waals surface area contributed by atoms with E-state index in [2.05, 4.69) is 20.8 Å². The van der Waals surface area contributed by atoms with Gasteiger partial charge in [0.1, 0.15) is 5.60 Å². The topological polar surface area (TPSA) is 66.8 Å². The monoisotopic (exact) mass is 271 g/mol. The predicted octanol–water partition coefficient (Wildman–Crippen LogP) is 2.60. The molecule has 0 aromatic rings. The van der Waals surface area contributed by atoms with Crippen LogP contribution >= 0.6 is 0 Å². The van der Waals surface area contributed by atoms with Crippen molar-refractivity contribution in [3.63, 3.8) is 0 Å². The molecule has 110 valence electrons. The van der Waals surface area contributed by atoms with Gasteiger partial charge >= 0.3 is 6.09 Å². The number of amides is 1. The number of rotatable bonds is 0. The molecule has 1 heterocycles. The van der Waals surface area contributed by atoms with E-state index in [0.29, 0.717) is 23.3 Å². The first-order valence-corrected chi connectivity index (χ1v) is 6.63. The number of likely N-dealkylation sites (tertiary alicyclic amines) is 1. The van der Waals surface area contributed by atoms with Gasteiger partial charge in [-0.1, -0.05) is 13.8 Å². The Bertz CT molecular complexity index is 359. The molecule has 5 nitrogen and oxygen atoms in total. The van der Waals surface area contributed by atoms with Crippen LogP contribution < -0.4 is 0 Å². The van der Waals surface area contributed by atoms with Crippen LogP contribution in [0.4, 0.5) is 4.79 Å². The van der Waals surface area contributed by atoms with Crippen LogP contribution in [0.1, 0.15) is 41.5 Å². The number of carboxylic acid groups (broad SMARTS) is 1. The van der Waals surface area contributed by atoms with Crippen molar-refractivity contribution >= 4 is 12.6 Å². The third-order valence-electron chi connectivity index (χ3n) is 4.17. The Labute approximate surface area is 114 Å². The van der Waals surface area contributed by atoms with Gasteiger partial charge in [-0.15, -0.1) is 0 Å². The summed E-state index contributed by atoms with van der Waals surface area (Å²) in [6.45, 7) is 13.1. The summed E-state index contributed by atoms with van der Waals surface area (Å²) < 4.78 is 5.42. The zero-order valence-electron chi connectivity index (χ0n) is 12.6. The van der Waals surface area contributed by atoms with Crippen molar-refractivity contribution in [1.29, 1.82) is 0 Å². The summed E-state index contributed by atoms with van der Waals surface area (Å²) in [5.41, 5.74) is 0.0387. The Hall–Kier alpha value is -1.26. The van der Waals surface area contributed by atoms with E-state index >= 15 is 0 Å². The molecule has 5 heteroatoms. The van der Waals surface area contributed by atoms with Crippen molar-refractivity contribution < 1.29 is 19.4 Å². The van der Waals surface area contributed by atoms with Crippen molar-refractivity contribution in [2.24, 2.45) is 17.3 Å². The maximum absolute atomic E-state index is 12.0. The molecular formula is C14H25NO4. The van der Waals surface area contributed by atoms with Gasteiger partial charge in [-0.3, -0.25) is 4.79 Å². The van der Waals surface area contributed by atoms with Gasteiger partial charge in [0.05, 0.1) is 0 Å². The number of piperidine rings is 1. The van der Waals surface area contributed by atoms with Gasteiger partial charge in [0.25, 0.3) is 6.47 Å². The SMILES string of the molecule is CC1C2C(CN1C(=O)OC(C)(C)C)C2(C)C.O=CO. The average molecular weight is 271 g/mol. The first-order valence-electron chi connectivity index (χ1n) is 6.63. The van der Waals surface area contributed by atoms with Crippen LogP contribution in [0.15, 0.2) is 0 Å². The summed E-state index contributed by atoms with van der Waals surface area (Å²) in [5.74, 6) is 1.34. The van der Waals surface area contributed by atoms with Crippen LogP contribution in [0.25, 0.3) is 0 Å². The molecule has 2 fully saturated rings. The summed E-state index contributed by atoms with van der Waals surface area (Å²) in [4.78, 5) is 22.2. The number of hydrogen-bond acceptors (Lipinski definition) is 3. The number of ether oxygens (including phenoxy) is 1. The van der Waals surface area contributed by atoms with Crippen molar-refractivity contribution in [1.82, 2.24) is 4.90 Å². The third kappa shape index (κ3) is 3.19. The second kappa shape index (κ2) is 5.02. The Morgan fingerprint density at radius 2 is 1.89 bits per heavy atom. The number of carbonyl (C=O) groups is 2. The Morgan fingerprint density at radius 3 is 2.21 bits per heavy atom. The summed E-state index contributed by atoms with van der Waals surface area (Å²) in [6, 6.07) is 0.329. The van der Waals surface area contributed by atoms with Crippen LogP contribution in [-0.4, -0.2) is 40.8 Å². The standard InChI is InChI=1S/C13H23NO2.CH2O2/c1-8-10-9(13(10,5)6)7-14(8)11(15)16-12(2,3)4;2-1-3/h8-10H,7H2,1-6H3;1H,(H,2,3). The highest BCUT2D eigenvalue weighted by Gasteiger charge is 2.66. The molecule has 1 N–H and O–H groups in total. The first kappa shape index (κ1) is 15.8. The smallest absolute Gasteiger partial charge is 0.410 e. The molecule has 1 saturated carbocycles. The number of hydrogen-bond donors (Lipinski definition) is 1. The molecule has 0 aromatic carbocycles. The van der Waals surface area contributed by atoms with Crippen molar-refractivity contribution in [3.8, 4) is 0 Å². The Kier molecular flexibility index (Phi) is 4.17. The summed E-state index contributed by atoms with van der Waals surface area (Å²) in [6.07, 6.45) is -0.150. The minimum absolute atomic E-state index is 0.150. The number of fused-ring (bicyclic) bond motifs is 1. The Balaban J connectivity index is 0.000000550. The second-order valence-electron chi connectivity index (χ2n) is 6.93. The second-order valence-corrected chi connectivity index (χ2v) is 6.93. The van der Waals surface area contributed by atoms with E-state index in [1.54, 1.807) is 0 Å². The summed E-state index contributed by atoms with van der Waals surface area (Å²) in [5, 5.41) is 6.89. The number of nitrogens with zero attached hydrogens (tertiary/aromatic N) is 1. The fourth-order valence-electron chi connectivity index (χ4n) is 3.23. The molecule has 0 radical (unpaired) electrons. The van der Waals surface area contributed by atoms with E-state index in [9.17, 15) is 4.79 Å². The molecule has 2 aliphatic rings. The molecule has 2 rings (SSSR count). The largest absolute Gasteiger partial charge is 0.483 e. The van der Waals surface area contributed by atoms with Gasteiger partial charge in [0.15, 0.2) is 0 Å². The van der Waals surface area contributed by atoms with Gasteiger partial charge in [-0.2, -0.15) is 0 Å². The highest BCUT2D eigenvalue weighted by Crippen LogP contribution is 2.64. The molecule has 3 atom stereocenters. The van der Waals surface area contributed by atoms with Gasteiger partial charge in [0, 0.05) is 12.6 Å². The van der Waals surface area contributed by atoms with Gasteiger partial charge in [0.2, 0.25) is 0 Å². The molecule has 1 amide bonds. The zero-order chi connectivity index (χ0) is 15.0. The van der Waals surface area contributed by atoms with Crippen LogP contribution in [-0.2, 0) is 9.53 Å². The molecule has 1 saturated heterocycles. The van der Waals surface area contributed by atoms with Crippen LogP contribution in [0, 0.1) is 17.3 Å². The highest BCUT2D eigenvalue weighted by molar-refractivity contribution is 5.69. The van der Waals surface area contributed by atoms with Crippen molar-refractivity contribution in [2.45, 2.75) is 53.2 Å². The maximum Gasteiger partial charge on any atom is 0.410 e. The third-order valence-corrected chi connectivity index (χ3v) is 4.17. The minimum Gasteiger partial charge on any atom is -0.483 e. The van der Waals surface area contributed by atoms with Crippen LogP contribution in [0.2, 0.25) is 0 Å². The first-order chi connectivity index (χ1) is 8.56. The number of carbonyl (C=O) groups excluding carboxylic acids is 1. The average Bonchev–Trinajstić information content (AvgIpc) is 2.58. The molecule has 19 heavy (non-hydrogen) atoms. The predicted molar refractivity (Wildman–Crippen MR) is 71.9 cm³/mol. The lowest BCUT2D eigenvalue weighted by atomic mass is 10.0. The fraction of sp³-hybridized carbons (Fsp3) is 0.857. The molecule has 1 aliphatic carbocycles. The van der Waals surface area contributed by atoms with Crippen molar-refractivity contribution in [3.05, 3.63) is 0 Å². The van der Waals surface area contributed by atoms with Gasteiger partial charge < -0.3 is 14.7 Å². The highest BCUT2D eigenvalue weighted by atomic mass is 16.6. The van der Waals surface area contributed by atoms with E-state index in [1.165, 1.54) is 0 Å². The van der Waals surface area contributed by atoms with Gasteiger partial charge in [-0.25, -0.2) is 4.79 Å². The minimum atomic E-state index is -0.390. The fourth-order valence-corrected chi connectivity index (χ4v) is 3.23.